The zero-order chi connectivity index (χ0) is 22.3. The van der Waals surface area contributed by atoms with Gasteiger partial charge < -0.3 is 15.4 Å². The number of nitrogens with zero attached hydrogens (tertiary/aromatic N) is 1. The first-order chi connectivity index (χ1) is 14.1. The Hall–Kier alpha value is -2.91. The van der Waals surface area contributed by atoms with E-state index in [4.69, 9.17) is 4.74 Å². The van der Waals surface area contributed by atoms with E-state index in [0.717, 1.165) is 16.1 Å². The molecule has 0 radical (unpaired) electrons. The molecular weight excluding hydrogens is 406 g/mol. The van der Waals surface area contributed by atoms with Gasteiger partial charge in [-0.2, -0.15) is 0 Å². The highest BCUT2D eigenvalue weighted by Gasteiger charge is 2.18. The maximum atomic E-state index is 12.8. The van der Waals surface area contributed by atoms with Gasteiger partial charge in [-0.1, -0.05) is 18.2 Å². The monoisotopic (exact) mass is 433 g/mol. The maximum absolute atomic E-state index is 12.8. The van der Waals surface area contributed by atoms with Crippen LogP contribution in [0.1, 0.15) is 32.7 Å². The second-order valence-corrected chi connectivity index (χ2v) is 8.85. The molecule has 30 heavy (non-hydrogen) atoms. The molecule has 0 atom stereocenters. The number of carbonyl (C=O) groups is 2. The Balaban J connectivity index is 2.22. The SMILES string of the molecule is COCCCNC(=O)c1ccccc1NC(=O)c1ccc(C)c(N(C)S(C)(=O)=O)c1. The van der Waals surface area contributed by atoms with E-state index < -0.39 is 15.9 Å². The van der Waals surface area contributed by atoms with Crippen LogP contribution in [0.2, 0.25) is 0 Å². The van der Waals surface area contributed by atoms with Crippen LogP contribution in [0.3, 0.4) is 0 Å². The van der Waals surface area contributed by atoms with E-state index >= 15 is 0 Å². The van der Waals surface area contributed by atoms with Crippen LogP contribution in [0, 0.1) is 6.92 Å². The Bertz CT molecular complexity index is 1020. The third-order valence-electron chi connectivity index (χ3n) is 4.54. The number of ether oxygens (including phenoxy) is 1. The van der Waals surface area contributed by atoms with E-state index in [1.165, 1.54) is 13.1 Å². The van der Waals surface area contributed by atoms with E-state index in [9.17, 15) is 18.0 Å². The van der Waals surface area contributed by atoms with Crippen LogP contribution < -0.4 is 14.9 Å². The second-order valence-electron chi connectivity index (χ2n) is 6.83. The molecule has 162 valence electrons. The van der Waals surface area contributed by atoms with Crippen LogP contribution in [0.25, 0.3) is 0 Å². The first-order valence-electron chi connectivity index (χ1n) is 9.37. The number of para-hydroxylation sites is 1. The normalized spacial score (nSPS) is 11.1. The number of anilines is 2. The summed E-state index contributed by atoms with van der Waals surface area (Å²) in [6, 6.07) is 11.5. The first-order valence-corrected chi connectivity index (χ1v) is 11.2. The largest absolute Gasteiger partial charge is 0.385 e. The van der Waals surface area contributed by atoms with Crippen LogP contribution in [0.4, 0.5) is 11.4 Å². The summed E-state index contributed by atoms with van der Waals surface area (Å²) in [6.07, 6.45) is 1.78. The molecular formula is C21H27N3O5S. The molecule has 2 aromatic carbocycles. The highest BCUT2D eigenvalue weighted by Crippen LogP contribution is 2.24. The highest BCUT2D eigenvalue weighted by atomic mass is 32.2. The number of nitrogens with one attached hydrogen (secondary N) is 2. The highest BCUT2D eigenvalue weighted by molar-refractivity contribution is 7.92. The molecule has 2 amide bonds. The molecule has 0 saturated carbocycles. The molecule has 0 unspecified atom stereocenters. The van der Waals surface area contributed by atoms with Crippen molar-refractivity contribution in [1.82, 2.24) is 5.32 Å². The number of carbonyl (C=O) groups excluding carboxylic acids is 2. The zero-order valence-electron chi connectivity index (χ0n) is 17.6. The van der Waals surface area contributed by atoms with Crippen LogP contribution in [-0.2, 0) is 14.8 Å². The van der Waals surface area contributed by atoms with Gasteiger partial charge >= 0.3 is 0 Å². The summed E-state index contributed by atoms with van der Waals surface area (Å²) < 4.78 is 29.8. The summed E-state index contributed by atoms with van der Waals surface area (Å²) in [5, 5.41) is 5.53. The van der Waals surface area contributed by atoms with Crippen molar-refractivity contribution in [2.45, 2.75) is 13.3 Å². The molecule has 0 saturated heterocycles. The van der Waals surface area contributed by atoms with Crippen molar-refractivity contribution >= 4 is 33.2 Å². The smallest absolute Gasteiger partial charge is 0.255 e. The molecule has 2 aromatic rings. The van der Waals surface area contributed by atoms with Gasteiger partial charge in [0.1, 0.15) is 0 Å². The van der Waals surface area contributed by atoms with E-state index in [0.29, 0.717) is 36.5 Å². The standard InChI is InChI=1S/C21H27N3O5S/c1-15-10-11-16(14-19(15)24(2)30(4,27)28)20(25)23-18-9-6-5-8-17(18)21(26)22-12-7-13-29-3/h5-6,8-11,14H,7,12-13H2,1-4H3,(H,22,26)(H,23,25). The van der Waals surface area contributed by atoms with Gasteiger partial charge in [-0.3, -0.25) is 13.9 Å². The Morgan fingerprint density at radius 3 is 2.47 bits per heavy atom. The van der Waals surface area contributed by atoms with Crippen molar-refractivity contribution in [2.24, 2.45) is 0 Å². The molecule has 0 aliphatic carbocycles. The minimum absolute atomic E-state index is 0.279. The van der Waals surface area contributed by atoms with E-state index in [-0.39, 0.29) is 11.5 Å². The van der Waals surface area contributed by atoms with Crippen LogP contribution in [-0.4, -0.2) is 53.8 Å². The molecule has 0 fully saturated rings. The van der Waals surface area contributed by atoms with Gasteiger partial charge in [-0.05, 0) is 43.2 Å². The van der Waals surface area contributed by atoms with Crippen LogP contribution in [0.5, 0.6) is 0 Å². The molecule has 8 nitrogen and oxygen atoms in total. The average molecular weight is 434 g/mol. The number of aryl methyl sites for hydroxylation is 1. The van der Waals surface area contributed by atoms with Gasteiger partial charge in [0, 0.05) is 32.9 Å². The predicted octanol–water partition coefficient (Wildman–Crippen LogP) is 2.41. The van der Waals surface area contributed by atoms with Gasteiger partial charge in [0.25, 0.3) is 11.8 Å². The molecule has 0 spiro atoms. The number of rotatable bonds is 9. The molecule has 9 heteroatoms. The third kappa shape index (κ3) is 6.04. The van der Waals surface area contributed by atoms with E-state index in [1.807, 2.05) is 0 Å². The molecule has 0 aromatic heterocycles. The second kappa shape index (κ2) is 10.2. The number of methoxy groups -OCH3 is 1. The van der Waals surface area contributed by atoms with Crippen molar-refractivity contribution in [2.75, 3.05) is 43.2 Å². The van der Waals surface area contributed by atoms with Gasteiger partial charge in [-0.15, -0.1) is 0 Å². The fourth-order valence-corrected chi connectivity index (χ4v) is 3.32. The van der Waals surface area contributed by atoms with Crippen molar-refractivity contribution < 1.29 is 22.7 Å². The molecule has 0 aliphatic heterocycles. The fraction of sp³-hybridized carbons (Fsp3) is 0.333. The van der Waals surface area contributed by atoms with Crippen molar-refractivity contribution in [3.63, 3.8) is 0 Å². The molecule has 2 rings (SSSR count). The van der Waals surface area contributed by atoms with Gasteiger partial charge in [0.15, 0.2) is 0 Å². The summed E-state index contributed by atoms with van der Waals surface area (Å²) in [7, 11) is -0.444. The first kappa shape index (κ1) is 23.4. The minimum atomic E-state index is -3.47. The summed E-state index contributed by atoms with van der Waals surface area (Å²) in [6.45, 7) is 2.76. The summed E-state index contributed by atoms with van der Waals surface area (Å²) in [5.41, 5.74) is 2.11. The molecule has 0 aliphatic rings. The van der Waals surface area contributed by atoms with Crippen LogP contribution in [0.15, 0.2) is 42.5 Å². The predicted molar refractivity (Wildman–Crippen MR) is 118 cm³/mol. The van der Waals surface area contributed by atoms with Gasteiger partial charge in [0.05, 0.1) is 23.2 Å². The van der Waals surface area contributed by atoms with E-state index in [1.54, 1.807) is 50.4 Å². The minimum Gasteiger partial charge on any atom is -0.385 e. The summed E-state index contributed by atoms with van der Waals surface area (Å²) in [5.74, 6) is -0.749. The Labute approximate surface area is 177 Å². The Morgan fingerprint density at radius 1 is 1.10 bits per heavy atom. The van der Waals surface area contributed by atoms with Crippen molar-refractivity contribution in [3.8, 4) is 0 Å². The quantitative estimate of drug-likeness (QED) is 0.591. The number of hydrogen-bond donors (Lipinski definition) is 2. The summed E-state index contributed by atoms with van der Waals surface area (Å²) >= 11 is 0. The van der Waals surface area contributed by atoms with Crippen LogP contribution >= 0.6 is 0 Å². The fourth-order valence-electron chi connectivity index (χ4n) is 2.77. The molecule has 0 heterocycles. The van der Waals surface area contributed by atoms with Gasteiger partial charge in [0.2, 0.25) is 10.0 Å². The zero-order valence-corrected chi connectivity index (χ0v) is 18.4. The number of hydrogen-bond acceptors (Lipinski definition) is 5. The lowest BCUT2D eigenvalue weighted by Crippen LogP contribution is -2.27. The lowest BCUT2D eigenvalue weighted by atomic mass is 10.1. The summed E-state index contributed by atoms with van der Waals surface area (Å²) in [4.78, 5) is 25.3. The topological polar surface area (TPSA) is 105 Å². The van der Waals surface area contributed by atoms with Crippen molar-refractivity contribution in [1.29, 1.82) is 0 Å². The maximum Gasteiger partial charge on any atom is 0.255 e. The third-order valence-corrected chi connectivity index (χ3v) is 5.73. The Morgan fingerprint density at radius 2 is 1.80 bits per heavy atom. The average Bonchev–Trinajstić information content (AvgIpc) is 2.70. The lowest BCUT2D eigenvalue weighted by Gasteiger charge is -2.20. The lowest BCUT2D eigenvalue weighted by molar-refractivity contribution is 0.0949. The van der Waals surface area contributed by atoms with Gasteiger partial charge in [-0.25, -0.2) is 8.42 Å². The number of sulfonamides is 1. The molecule has 2 N–H and O–H groups in total. The number of benzene rings is 2. The van der Waals surface area contributed by atoms with Crippen molar-refractivity contribution in [3.05, 3.63) is 59.2 Å². The Kier molecular flexibility index (Phi) is 7.96. The molecule has 0 bridgehead atoms. The van der Waals surface area contributed by atoms with E-state index in [2.05, 4.69) is 10.6 Å². The number of amides is 2.